The van der Waals surface area contributed by atoms with Crippen molar-refractivity contribution < 1.29 is 14.3 Å². The van der Waals surface area contributed by atoms with Crippen molar-refractivity contribution in [3.8, 4) is 6.07 Å². The van der Waals surface area contributed by atoms with E-state index in [4.69, 9.17) is 4.74 Å². The second-order valence-electron chi connectivity index (χ2n) is 7.55. The summed E-state index contributed by atoms with van der Waals surface area (Å²) in [5, 5.41) is 10.6. The molecule has 0 radical (unpaired) electrons. The molecule has 0 aliphatic carbocycles. The van der Waals surface area contributed by atoms with Gasteiger partial charge >= 0.3 is 5.97 Å². The van der Waals surface area contributed by atoms with Crippen LogP contribution in [-0.4, -0.2) is 37.4 Å². The number of rotatable bonds is 4. The lowest BCUT2D eigenvalue weighted by molar-refractivity contribution is -0.118. The number of hydrogen-bond donors (Lipinski definition) is 1. The van der Waals surface area contributed by atoms with Gasteiger partial charge in [0.05, 0.1) is 16.9 Å². The Morgan fingerprint density at radius 2 is 1.71 bits per heavy atom. The number of ketones is 1. The van der Waals surface area contributed by atoms with Crippen molar-refractivity contribution in [2.24, 2.45) is 0 Å². The van der Waals surface area contributed by atoms with Crippen LogP contribution in [0.2, 0.25) is 0 Å². The number of nitriles is 1. The number of nitrogens with zero attached hydrogens (tertiary/aromatic N) is 3. The van der Waals surface area contributed by atoms with Gasteiger partial charge in [0.15, 0.2) is 6.61 Å². The summed E-state index contributed by atoms with van der Waals surface area (Å²) >= 11 is 0. The van der Waals surface area contributed by atoms with Gasteiger partial charge in [-0.25, -0.2) is 4.79 Å². The molecular formula is C24H22N4O3. The zero-order valence-corrected chi connectivity index (χ0v) is 17.8. The number of aryl methyl sites for hydroxylation is 2. The Morgan fingerprint density at radius 3 is 2.32 bits per heavy atom. The smallest absolute Gasteiger partial charge is 0.338 e. The monoisotopic (exact) mass is 414 g/mol. The van der Waals surface area contributed by atoms with E-state index in [0.29, 0.717) is 11.4 Å². The second-order valence-corrected chi connectivity index (χ2v) is 7.55. The van der Waals surface area contributed by atoms with Crippen molar-refractivity contribution in [2.75, 3.05) is 30.5 Å². The molecule has 1 aromatic heterocycles. The normalized spacial score (nSPS) is 12.7. The van der Waals surface area contributed by atoms with E-state index in [2.05, 4.69) is 4.98 Å². The molecule has 7 heteroatoms. The Hall–Kier alpha value is -4.05. The minimum atomic E-state index is -0.604. The molecule has 0 unspecified atom stereocenters. The SMILES string of the molecule is Cc1[nH]c2ccc(C(=O)OCC(=O)C(C#N)=C3N(C)c4ccccc4N3C)cc2c1C. The van der Waals surface area contributed by atoms with Crippen LogP contribution in [0.1, 0.15) is 21.6 Å². The van der Waals surface area contributed by atoms with E-state index < -0.39 is 18.4 Å². The van der Waals surface area contributed by atoms with Crippen LogP contribution in [0, 0.1) is 25.2 Å². The number of Topliss-reactive ketones (excluding diaryl/α,β-unsaturated/α-hetero) is 1. The fourth-order valence-corrected chi connectivity index (χ4v) is 3.93. The Kier molecular flexibility index (Phi) is 4.99. The van der Waals surface area contributed by atoms with Gasteiger partial charge in [0.1, 0.15) is 17.5 Å². The van der Waals surface area contributed by atoms with Crippen molar-refractivity contribution >= 4 is 34.0 Å². The number of para-hydroxylation sites is 2. The summed E-state index contributed by atoms with van der Waals surface area (Å²) in [6.07, 6.45) is 0. The van der Waals surface area contributed by atoms with Crippen molar-refractivity contribution in [2.45, 2.75) is 13.8 Å². The minimum Gasteiger partial charge on any atom is -0.454 e. The lowest BCUT2D eigenvalue weighted by Gasteiger charge is -2.19. The summed E-state index contributed by atoms with van der Waals surface area (Å²) in [5.41, 5.74) is 5.12. The fraction of sp³-hybridized carbons (Fsp3) is 0.208. The summed E-state index contributed by atoms with van der Waals surface area (Å²) < 4.78 is 5.25. The quantitative estimate of drug-likeness (QED) is 0.396. The number of fused-ring (bicyclic) bond motifs is 2. The Morgan fingerprint density at radius 1 is 1.06 bits per heavy atom. The number of carbonyl (C=O) groups excluding carboxylic acids is 2. The van der Waals surface area contributed by atoms with Crippen molar-refractivity contribution in [1.82, 2.24) is 4.98 Å². The Labute approximate surface area is 180 Å². The van der Waals surface area contributed by atoms with Gasteiger partial charge in [0.2, 0.25) is 5.78 Å². The molecule has 1 aliphatic rings. The molecule has 3 aromatic rings. The third-order valence-corrected chi connectivity index (χ3v) is 5.73. The first-order valence-corrected chi connectivity index (χ1v) is 9.83. The van der Waals surface area contributed by atoms with E-state index in [1.807, 2.05) is 50.2 Å². The van der Waals surface area contributed by atoms with E-state index in [1.165, 1.54) is 0 Å². The van der Waals surface area contributed by atoms with E-state index >= 15 is 0 Å². The van der Waals surface area contributed by atoms with Crippen molar-refractivity contribution in [1.29, 1.82) is 5.26 Å². The highest BCUT2D eigenvalue weighted by Crippen LogP contribution is 2.40. The molecule has 0 saturated carbocycles. The van der Waals surface area contributed by atoms with Crippen molar-refractivity contribution in [3.05, 3.63) is 70.7 Å². The minimum absolute atomic E-state index is 0.0541. The van der Waals surface area contributed by atoms with E-state index in [1.54, 1.807) is 36.0 Å². The van der Waals surface area contributed by atoms with Gasteiger partial charge < -0.3 is 19.5 Å². The maximum atomic E-state index is 12.8. The highest BCUT2D eigenvalue weighted by Gasteiger charge is 2.31. The van der Waals surface area contributed by atoms with Crippen LogP contribution in [0.5, 0.6) is 0 Å². The molecule has 2 heterocycles. The summed E-state index contributed by atoms with van der Waals surface area (Å²) in [7, 11) is 3.59. The molecule has 0 atom stereocenters. The number of hydrogen-bond acceptors (Lipinski definition) is 6. The number of benzene rings is 2. The van der Waals surface area contributed by atoms with Crippen LogP contribution >= 0.6 is 0 Å². The molecule has 2 aromatic carbocycles. The first-order valence-electron chi connectivity index (χ1n) is 9.83. The van der Waals surface area contributed by atoms with Gasteiger partial charge in [0.25, 0.3) is 0 Å². The lowest BCUT2D eigenvalue weighted by Crippen LogP contribution is -2.27. The van der Waals surface area contributed by atoms with E-state index in [-0.39, 0.29) is 5.57 Å². The molecular weight excluding hydrogens is 392 g/mol. The van der Waals surface area contributed by atoms with Gasteiger partial charge in [-0.1, -0.05) is 12.1 Å². The topological polar surface area (TPSA) is 89.4 Å². The Bertz CT molecular complexity index is 1260. The number of aromatic amines is 1. The largest absolute Gasteiger partial charge is 0.454 e. The molecule has 0 fully saturated rings. The predicted molar refractivity (Wildman–Crippen MR) is 119 cm³/mol. The zero-order chi connectivity index (χ0) is 22.3. The highest BCUT2D eigenvalue weighted by atomic mass is 16.5. The second kappa shape index (κ2) is 7.65. The molecule has 7 nitrogen and oxygen atoms in total. The van der Waals surface area contributed by atoms with Gasteiger partial charge in [-0.05, 0) is 49.7 Å². The average molecular weight is 414 g/mol. The molecule has 0 saturated heterocycles. The lowest BCUT2D eigenvalue weighted by atomic mass is 10.1. The number of esters is 1. The number of H-pyrrole nitrogens is 1. The van der Waals surface area contributed by atoms with Gasteiger partial charge in [-0.2, -0.15) is 5.26 Å². The summed E-state index contributed by atoms with van der Waals surface area (Å²) in [5.74, 6) is -0.691. The first kappa shape index (κ1) is 20.2. The van der Waals surface area contributed by atoms with Gasteiger partial charge in [-0.3, -0.25) is 4.79 Å². The van der Waals surface area contributed by atoms with Gasteiger partial charge in [-0.15, -0.1) is 0 Å². The average Bonchev–Trinajstić information content (AvgIpc) is 3.20. The summed E-state index contributed by atoms with van der Waals surface area (Å²) in [6.45, 7) is 3.44. The van der Waals surface area contributed by atoms with Crippen LogP contribution in [0.15, 0.2) is 53.9 Å². The molecule has 156 valence electrons. The maximum Gasteiger partial charge on any atom is 0.338 e. The number of ether oxygens (including phenoxy) is 1. The predicted octanol–water partition coefficient (Wildman–Crippen LogP) is 3.83. The van der Waals surface area contributed by atoms with Crippen LogP contribution in [0.3, 0.4) is 0 Å². The highest BCUT2D eigenvalue weighted by molar-refractivity contribution is 6.05. The number of nitrogens with one attached hydrogen (secondary N) is 1. The molecule has 0 amide bonds. The third kappa shape index (κ3) is 3.32. The summed E-state index contributed by atoms with van der Waals surface area (Å²) in [4.78, 5) is 32.2. The molecule has 1 N–H and O–H groups in total. The van der Waals surface area contributed by atoms with E-state index in [0.717, 1.165) is 33.5 Å². The Balaban J connectivity index is 1.54. The van der Waals surface area contributed by atoms with Gasteiger partial charge in [0, 0.05) is 30.7 Å². The standard InChI is InChI=1S/C24H22N4O3/c1-14-15(2)26-19-10-9-16(11-17(14)19)24(30)31-13-22(29)18(12-25)23-27(3)20-7-5-6-8-21(20)28(23)4/h5-11,26H,13H2,1-4H3. The van der Waals surface area contributed by atoms with Crippen LogP contribution in [0.25, 0.3) is 10.9 Å². The number of anilines is 2. The van der Waals surface area contributed by atoms with Crippen LogP contribution < -0.4 is 9.80 Å². The fourth-order valence-electron chi connectivity index (χ4n) is 3.93. The van der Waals surface area contributed by atoms with Crippen molar-refractivity contribution in [3.63, 3.8) is 0 Å². The first-order chi connectivity index (χ1) is 14.8. The van der Waals surface area contributed by atoms with E-state index in [9.17, 15) is 14.9 Å². The van der Waals surface area contributed by atoms with Crippen LogP contribution in [-0.2, 0) is 9.53 Å². The number of aromatic nitrogens is 1. The summed E-state index contributed by atoms with van der Waals surface area (Å²) in [6, 6.07) is 14.8. The molecule has 0 bridgehead atoms. The third-order valence-electron chi connectivity index (χ3n) is 5.73. The molecule has 4 rings (SSSR count). The van der Waals surface area contributed by atoms with Crippen LogP contribution in [0.4, 0.5) is 11.4 Å². The molecule has 0 spiro atoms. The zero-order valence-electron chi connectivity index (χ0n) is 17.8. The molecule has 31 heavy (non-hydrogen) atoms. The molecule has 1 aliphatic heterocycles. The maximum absolute atomic E-state index is 12.8. The number of carbonyl (C=O) groups is 2.